The molecule has 0 saturated carbocycles. The van der Waals surface area contributed by atoms with E-state index in [9.17, 15) is 9.50 Å². The van der Waals surface area contributed by atoms with E-state index >= 15 is 0 Å². The predicted molar refractivity (Wildman–Crippen MR) is 71.7 cm³/mol. The predicted octanol–water partition coefficient (Wildman–Crippen LogP) is 1.76. The van der Waals surface area contributed by atoms with Crippen molar-refractivity contribution in [2.75, 3.05) is 0 Å². The maximum absolute atomic E-state index is 13.9. The molecule has 0 amide bonds. The third kappa shape index (κ3) is 2.68. The van der Waals surface area contributed by atoms with Crippen molar-refractivity contribution in [3.63, 3.8) is 0 Å². The number of rotatable bonds is 3. The van der Waals surface area contributed by atoms with Crippen LogP contribution in [-0.4, -0.2) is 35.3 Å². The van der Waals surface area contributed by atoms with Crippen LogP contribution in [0.4, 0.5) is 4.39 Å². The lowest BCUT2D eigenvalue weighted by molar-refractivity contribution is 0.475. The molecule has 0 atom stereocenters. The topological polar surface area (TPSA) is 89.6 Å². The Kier molecular flexibility index (Phi) is 3.48. The molecule has 7 nitrogen and oxygen atoms in total. The molecule has 1 aromatic carbocycles. The van der Waals surface area contributed by atoms with Crippen LogP contribution < -0.4 is 0 Å². The van der Waals surface area contributed by atoms with Gasteiger partial charge in [0.15, 0.2) is 5.82 Å². The minimum Gasteiger partial charge on any atom is -0.508 e. The number of phenols is 1. The number of aromatic nitrogens is 6. The molecule has 0 saturated heterocycles. The van der Waals surface area contributed by atoms with E-state index in [0.29, 0.717) is 10.8 Å². The van der Waals surface area contributed by atoms with Crippen LogP contribution in [0, 0.1) is 12.7 Å². The number of aromatic hydroxyl groups is 1. The first-order chi connectivity index (χ1) is 10.1. The maximum Gasteiger partial charge on any atom is 0.220 e. The average molecular weight is 304 g/mol. The van der Waals surface area contributed by atoms with Gasteiger partial charge in [0.1, 0.15) is 17.1 Å². The molecule has 106 valence electrons. The second kappa shape index (κ2) is 5.44. The van der Waals surface area contributed by atoms with Gasteiger partial charge in [0, 0.05) is 0 Å². The average Bonchev–Trinajstić information content (AvgIpc) is 2.93. The summed E-state index contributed by atoms with van der Waals surface area (Å²) in [6.45, 7) is 1.56. The van der Waals surface area contributed by atoms with Crippen molar-refractivity contribution in [1.82, 2.24) is 30.2 Å². The SMILES string of the molecule is Cc1ncnc(Sc2nnnn2-c2ccc(O)cc2)c1F. The van der Waals surface area contributed by atoms with Gasteiger partial charge in [-0.1, -0.05) is 0 Å². The summed E-state index contributed by atoms with van der Waals surface area (Å²) in [6, 6.07) is 6.33. The van der Waals surface area contributed by atoms with E-state index in [2.05, 4.69) is 25.5 Å². The first kappa shape index (κ1) is 13.4. The van der Waals surface area contributed by atoms with Crippen LogP contribution in [0.5, 0.6) is 5.75 Å². The van der Waals surface area contributed by atoms with Gasteiger partial charge in [0.2, 0.25) is 5.16 Å². The molecule has 0 radical (unpaired) electrons. The summed E-state index contributed by atoms with van der Waals surface area (Å²) in [5.74, 6) is -0.360. The molecule has 0 aliphatic rings. The van der Waals surface area contributed by atoms with Crippen molar-refractivity contribution < 1.29 is 9.50 Å². The van der Waals surface area contributed by atoms with Crippen LogP contribution >= 0.6 is 11.8 Å². The van der Waals surface area contributed by atoms with E-state index in [1.807, 2.05) is 0 Å². The molecule has 0 fully saturated rings. The van der Waals surface area contributed by atoms with Crippen LogP contribution in [0.3, 0.4) is 0 Å². The van der Waals surface area contributed by atoms with Gasteiger partial charge in [-0.15, -0.1) is 5.10 Å². The van der Waals surface area contributed by atoms with Crippen LogP contribution in [0.25, 0.3) is 5.69 Å². The minimum atomic E-state index is -0.497. The van der Waals surface area contributed by atoms with Crippen molar-refractivity contribution in [3.8, 4) is 11.4 Å². The van der Waals surface area contributed by atoms with Crippen LogP contribution in [0.2, 0.25) is 0 Å². The molecule has 3 rings (SSSR count). The quantitative estimate of drug-likeness (QED) is 0.737. The summed E-state index contributed by atoms with van der Waals surface area (Å²) in [5.41, 5.74) is 0.905. The molecule has 0 bridgehead atoms. The van der Waals surface area contributed by atoms with Crippen molar-refractivity contribution in [3.05, 3.63) is 42.1 Å². The van der Waals surface area contributed by atoms with Crippen LogP contribution in [-0.2, 0) is 0 Å². The Bertz CT molecular complexity index is 776. The molecule has 9 heteroatoms. The Morgan fingerprint density at radius 3 is 2.71 bits per heavy atom. The molecule has 0 spiro atoms. The summed E-state index contributed by atoms with van der Waals surface area (Å²) in [6.07, 6.45) is 1.29. The molecular weight excluding hydrogens is 295 g/mol. The molecule has 1 N–H and O–H groups in total. The molecular formula is C12H9FN6OS. The number of phenolic OH excluding ortho intramolecular Hbond substituents is 1. The first-order valence-electron chi connectivity index (χ1n) is 5.88. The third-order valence-corrected chi connectivity index (χ3v) is 3.57. The van der Waals surface area contributed by atoms with Crippen LogP contribution in [0.15, 0.2) is 40.8 Å². The van der Waals surface area contributed by atoms with Gasteiger partial charge < -0.3 is 5.11 Å². The van der Waals surface area contributed by atoms with Crippen molar-refractivity contribution >= 4 is 11.8 Å². The van der Waals surface area contributed by atoms with Gasteiger partial charge in [-0.25, -0.2) is 14.4 Å². The van der Waals surface area contributed by atoms with Crippen LogP contribution in [0.1, 0.15) is 5.69 Å². The summed E-state index contributed by atoms with van der Waals surface area (Å²) in [4.78, 5) is 7.66. The second-order valence-electron chi connectivity index (χ2n) is 4.07. The zero-order chi connectivity index (χ0) is 14.8. The molecule has 0 unspecified atom stereocenters. The van der Waals surface area contributed by atoms with E-state index in [-0.39, 0.29) is 16.5 Å². The monoisotopic (exact) mass is 304 g/mol. The highest BCUT2D eigenvalue weighted by atomic mass is 32.2. The molecule has 0 aliphatic carbocycles. The standard InChI is InChI=1S/C12H9FN6OS/c1-7-10(13)11(15-6-14-7)21-12-16-17-18-19(12)8-2-4-9(20)5-3-8/h2-6,20H,1H3. The van der Waals surface area contributed by atoms with E-state index in [4.69, 9.17) is 0 Å². The highest BCUT2D eigenvalue weighted by Crippen LogP contribution is 2.28. The van der Waals surface area contributed by atoms with E-state index in [1.165, 1.54) is 23.1 Å². The molecule has 3 aromatic rings. The summed E-state index contributed by atoms with van der Waals surface area (Å²) >= 11 is 0.999. The Morgan fingerprint density at radius 2 is 1.95 bits per heavy atom. The summed E-state index contributed by atoms with van der Waals surface area (Å²) < 4.78 is 15.4. The largest absolute Gasteiger partial charge is 0.508 e. The lowest BCUT2D eigenvalue weighted by Gasteiger charge is -2.05. The smallest absolute Gasteiger partial charge is 0.220 e. The highest BCUT2D eigenvalue weighted by Gasteiger charge is 2.15. The molecule has 21 heavy (non-hydrogen) atoms. The number of hydrogen-bond acceptors (Lipinski definition) is 7. The number of hydrogen-bond donors (Lipinski definition) is 1. The minimum absolute atomic E-state index is 0.137. The van der Waals surface area contributed by atoms with Gasteiger partial charge in [0.25, 0.3) is 0 Å². The zero-order valence-corrected chi connectivity index (χ0v) is 11.6. The molecule has 2 aromatic heterocycles. The zero-order valence-electron chi connectivity index (χ0n) is 10.8. The van der Waals surface area contributed by atoms with Gasteiger partial charge in [-0.05, 0) is 53.4 Å². The van der Waals surface area contributed by atoms with E-state index < -0.39 is 5.82 Å². The van der Waals surface area contributed by atoms with Crippen molar-refractivity contribution in [1.29, 1.82) is 0 Å². The van der Waals surface area contributed by atoms with E-state index in [0.717, 1.165) is 11.8 Å². The van der Waals surface area contributed by atoms with Gasteiger partial charge in [0.05, 0.1) is 11.4 Å². The number of tetrazole rings is 1. The Morgan fingerprint density at radius 1 is 1.19 bits per heavy atom. The normalized spacial score (nSPS) is 10.8. The fourth-order valence-corrected chi connectivity index (χ4v) is 2.41. The fourth-order valence-electron chi connectivity index (χ4n) is 1.59. The molecule has 0 aliphatic heterocycles. The van der Waals surface area contributed by atoms with Crippen molar-refractivity contribution in [2.45, 2.75) is 17.1 Å². The van der Waals surface area contributed by atoms with Crippen molar-refractivity contribution in [2.24, 2.45) is 0 Å². The van der Waals surface area contributed by atoms with Gasteiger partial charge >= 0.3 is 0 Å². The number of nitrogens with zero attached hydrogens (tertiary/aromatic N) is 6. The maximum atomic E-state index is 13.9. The number of aryl methyl sites for hydroxylation is 1. The number of halogens is 1. The highest BCUT2D eigenvalue weighted by molar-refractivity contribution is 7.99. The molecule has 2 heterocycles. The summed E-state index contributed by atoms with van der Waals surface area (Å²) in [7, 11) is 0. The van der Waals surface area contributed by atoms with Gasteiger partial charge in [-0.3, -0.25) is 0 Å². The van der Waals surface area contributed by atoms with Gasteiger partial charge in [-0.2, -0.15) is 4.68 Å². The fraction of sp³-hybridized carbons (Fsp3) is 0.0833. The Labute approximate surface area is 122 Å². The lowest BCUT2D eigenvalue weighted by Crippen LogP contribution is -2.00. The first-order valence-corrected chi connectivity index (χ1v) is 6.69. The Hall–Kier alpha value is -2.55. The third-order valence-electron chi connectivity index (χ3n) is 2.65. The number of benzene rings is 1. The van der Waals surface area contributed by atoms with E-state index in [1.54, 1.807) is 19.1 Å². The lowest BCUT2D eigenvalue weighted by atomic mass is 10.3. The summed E-state index contributed by atoms with van der Waals surface area (Å²) in [5, 5.41) is 21.1. The Balaban J connectivity index is 1.96. The second-order valence-corrected chi connectivity index (χ2v) is 5.03.